The van der Waals surface area contributed by atoms with E-state index in [2.05, 4.69) is 0 Å². The van der Waals surface area contributed by atoms with E-state index in [-0.39, 0.29) is 12.2 Å². The molecule has 2 heterocycles. The Labute approximate surface area is 147 Å². The Morgan fingerprint density at radius 2 is 1.62 bits per heavy atom. The zero-order valence-corrected chi connectivity index (χ0v) is 14.5. The highest BCUT2D eigenvalue weighted by atomic mass is 19.1. The van der Waals surface area contributed by atoms with Crippen LogP contribution >= 0.6 is 0 Å². The van der Waals surface area contributed by atoms with Crippen LogP contribution in [0.1, 0.15) is 12.6 Å². The molecular formula is C17H17FN4O4. The fourth-order valence-corrected chi connectivity index (χ4v) is 2.90. The standard InChI is InChI=1S/C17H17FN4O4/c1-10-15(24)21(9-13-8-14(23)20(3)16(25)19(13)2)17(26)22(10)12-6-4-11(18)5-7-12/h4-8,10H,9H2,1-3H3/t10-/m0/s1. The predicted molar refractivity (Wildman–Crippen MR) is 91.2 cm³/mol. The number of hydrogen-bond acceptors (Lipinski definition) is 4. The average Bonchev–Trinajstić information content (AvgIpc) is 2.82. The first-order valence-electron chi connectivity index (χ1n) is 7.88. The summed E-state index contributed by atoms with van der Waals surface area (Å²) in [6, 6.07) is 5.06. The van der Waals surface area contributed by atoms with Gasteiger partial charge in [-0.05, 0) is 31.2 Å². The Morgan fingerprint density at radius 1 is 1.00 bits per heavy atom. The molecule has 1 saturated heterocycles. The predicted octanol–water partition coefficient (Wildman–Crippen LogP) is 0.580. The zero-order chi connectivity index (χ0) is 19.2. The summed E-state index contributed by atoms with van der Waals surface area (Å²) in [5, 5.41) is 0. The van der Waals surface area contributed by atoms with Crippen LogP contribution < -0.4 is 16.1 Å². The molecule has 1 aromatic carbocycles. The van der Waals surface area contributed by atoms with Gasteiger partial charge in [0.15, 0.2) is 0 Å². The van der Waals surface area contributed by atoms with Crippen molar-refractivity contribution < 1.29 is 14.0 Å². The Hall–Kier alpha value is -3.23. The molecule has 2 aromatic rings. The lowest BCUT2D eigenvalue weighted by Crippen LogP contribution is -2.40. The molecule has 9 heteroatoms. The second kappa shape index (κ2) is 6.25. The minimum absolute atomic E-state index is 0.207. The Morgan fingerprint density at radius 3 is 2.23 bits per heavy atom. The van der Waals surface area contributed by atoms with Gasteiger partial charge in [0.1, 0.15) is 11.9 Å². The summed E-state index contributed by atoms with van der Waals surface area (Å²) in [6.07, 6.45) is 0. The van der Waals surface area contributed by atoms with Crippen LogP contribution in [0.3, 0.4) is 0 Å². The molecule has 136 valence electrons. The van der Waals surface area contributed by atoms with E-state index >= 15 is 0 Å². The second-order valence-electron chi connectivity index (χ2n) is 6.10. The SMILES string of the molecule is C[C@H]1C(=O)N(Cc2cc(=O)n(C)c(=O)n2C)C(=O)N1c1ccc(F)cc1. The van der Waals surface area contributed by atoms with E-state index in [9.17, 15) is 23.6 Å². The van der Waals surface area contributed by atoms with Gasteiger partial charge in [-0.3, -0.25) is 28.5 Å². The normalized spacial score (nSPS) is 17.3. The van der Waals surface area contributed by atoms with Gasteiger partial charge in [0.25, 0.3) is 11.5 Å². The van der Waals surface area contributed by atoms with Gasteiger partial charge in [-0.15, -0.1) is 0 Å². The average molecular weight is 360 g/mol. The molecule has 26 heavy (non-hydrogen) atoms. The van der Waals surface area contributed by atoms with Crippen LogP contribution in [0.25, 0.3) is 0 Å². The molecule has 1 aromatic heterocycles. The maximum absolute atomic E-state index is 13.1. The maximum Gasteiger partial charge on any atom is 0.332 e. The molecule has 0 N–H and O–H groups in total. The van der Waals surface area contributed by atoms with E-state index in [0.717, 1.165) is 9.47 Å². The van der Waals surface area contributed by atoms with Gasteiger partial charge in [-0.1, -0.05) is 0 Å². The lowest BCUT2D eigenvalue weighted by atomic mass is 10.2. The Bertz CT molecular complexity index is 1010. The van der Waals surface area contributed by atoms with Gasteiger partial charge in [0.05, 0.1) is 6.54 Å². The quantitative estimate of drug-likeness (QED) is 0.750. The Balaban J connectivity index is 1.96. The summed E-state index contributed by atoms with van der Waals surface area (Å²) in [6.45, 7) is 1.36. The van der Waals surface area contributed by atoms with Gasteiger partial charge >= 0.3 is 11.7 Å². The van der Waals surface area contributed by atoms with Crippen LogP contribution in [-0.4, -0.2) is 32.0 Å². The smallest absolute Gasteiger partial charge is 0.299 e. The van der Waals surface area contributed by atoms with Gasteiger partial charge in [0, 0.05) is 31.5 Å². The first-order valence-corrected chi connectivity index (χ1v) is 7.88. The molecule has 0 spiro atoms. The summed E-state index contributed by atoms with van der Waals surface area (Å²) in [5.74, 6) is -0.918. The van der Waals surface area contributed by atoms with E-state index < -0.39 is 35.0 Å². The van der Waals surface area contributed by atoms with E-state index in [1.807, 2.05) is 0 Å². The van der Waals surface area contributed by atoms with Crippen molar-refractivity contribution in [3.8, 4) is 0 Å². The molecule has 0 radical (unpaired) electrons. The summed E-state index contributed by atoms with van der Waals surface area (Å²) < 4.78 is 15.3. The molecule has 1 aliphatic heterocycles. The van der Waals surface area contributed by atoms with E-state index in [0.29, 0.717) is 5.69 Å². The fourth-order valence-electron chi connectivity index (χ4n) is 2.90. The summed E-state index contributed by atoms with van der Waals surface area (Å²) in [7, 11) is 2.81. The summed E-state index contributed by atoms with van der Waals surface area (Å²) >= 11 is 0. The van der Waals surface area contributed by atoms with Crippen molar-refractivity contribution in [2.45, 2.75) is 19.5 Å². The third-order valence-electron chi connectivity index (χ3n) is 4.50. The topological polar surface area (TPSA) is 84.6 Å². The van der Waals surface area contributed by atoms with Crippen LogP contribution in [0.5, 0.6) is 0 Å². The number of nitrogens with zero attached hydrogens (tertiary/aromatic N) is 4. The number of urea groups is 1. The third-order valence-corrected chi connectivity index (χ3v) is 4.50. The van der Waals surface area contributed by atoms with Crippen LogP contribution in [-0.2, 0) is 25.4 Å². The fraction of sp³-hybridized carbons (Fsp3) is 0.294. The van der Waals surface area contributed by atoms with Crippen molar-refractivity contribution in [3.05, 3.63) is 62.7 Å². The highest BCUT2D eigenvalue weighted by Gasteiger charge is 2.43. The molecule has 0 bridgehead atoms. The molecule has 3 rings (SSSR count). The van der Waals surface area contributed by atoms with Crippen LogP contribution in [0.15, 0.2) is 39.9 Å². The minimum atomic E-state index is -0.781. The number of hydrogen-bond donors (Lipinski definition) is 0. The molecule has 1 fully saturated rings. The van der Waals surface area contributed by atoms with Crippen molar-refractivity contribution >= 4 is 17.6 Å². The van der Waals surface area contributed by atoms with Crippen molar-refractivity contribution in [3.63, 3.8) is 0 Å². The molecule has 0 aliphatic carbocycles. The molecule has 0 saturated carbocycles. The number of halogens is 1. The Kier molecular flexibility index (Phi) is 4.23. The van der Waals surface area contributed by atoms with Gasteiger partial charge in [0.2, 0.25) is 0 Å². The molecule has 1 aliphatic rings. The van der Waals surface area contributed by atoms with Gasteiger partial charge in [-0.25, -0.2) is 14.0 Å². The first-order chi connectivity index (χ1) is 12.2. The molecule has 0 unspecified atom stereocenters. The van der Waals surface area contributed by atoms with E-state index in [4.69, 9.17) is 0 Å². The summed E-state index contributed by atoms with van der Waals surface area (Å²) in [4.78, 5) is 51.4. The second-order valence-corrected chi connectivity index (χ2v) is 6.10. The molecular weight excluding hydrogens is 343 g/mol. The number of imide groups is 1. The number of carbonyl (C=O) groups excluding carboxylic acids is 2. The largest absolute Gasteiger partial charge is 0.332 e. The van der Waals surface area contributed by atoms with Crippen molar-refractivity contribution in [2.24, 2.45) is 14.1 Å². The number of amides is 3. The number of anilines is 1. The van der Waals surface area contributed by atoms with Crippen molar-refractivity contribution in [2.75, 3.05) is 4.90 Å². The number of benzene rings is 1. The lowest BCUT2D eigenvalue weighted by molar-refractivity contribution is -0.127. The molecule has 3 amide bonds. The minimum Gasteiger partial charge on any atom is -0.299 e. The molecule has 1 atom stereocenters. The maximum atomic E-state index is 13.1. The van der Waals surface area contributed by atoms with E-state index in [1.165, 1.54) is 53.9 Å². The van der Waals surface area contributed by atoms with Crippen molar-refractivity contribution in [1.82, 2.24) is 14.0 Å². The van der Waals surface area contributed by atoms with Crippen molar-refractivity contribution in [1.29, 1.82) is 0 Å². The van der Waals surface area contributed by atoms with E-state index in [1.54, 1.807) is 6.92 Å². The van der Waals surface area contributed by atoms with Crippen LogP contribution in [0, 0.1) is 5.82 Å². The highest BCUT2D eigenvalue weighted by Crippen LogP contribution is 2.26. The third kappa shape index (κ3) is 2.71. The summed E-state index contributed by atoms with van der Waals surface area (Å²) in [5.41, 5.74) is -0.439. The highest BCUT2D eigenvalue weighted by molar-refractivity contribution is 6.13. The monoisotopic (exact) mass is 360 g/mol. The van der Waals surface area contributed by atoms with Crippen LogP contribution in [0.4, 0.5) is 14.9 Å². The zero-order valence-electron chi connectivity index (χ0n) is 14.5. The molecule has 8 nitrogen and oxygen atoms in total. The lowest BCUT2D eigenvalue weighted by Gasteiger charge is -2.19. The number of rotatable bonds is 3. The number of aromatic nitrogens is 2. The first kappa shape index (κ1) is 17.6. The van der Waals surface area contributed by atoms with Gasteiger partial charge in [-0.2, -0.15) is 0 Å². The number of carbonyl (C=O) groups is 2. The van der Waals surface area contributed by atoms with Gasteiger partial charge < -0.3 is 0 Å². The van der Waals surface area contributed by atoms with Crippen LogP contribution in [0.2, 0.25) is 0 Å².